The van der Waals surface area contributed by atoms with E-state index in [4.69, 9.17) is 10.3 Å². The van der Waals surface area contributed by atoms with Crippen LogP contribution in [0.1, 0.15) is 30.9 Å². The van der Waals surface area contributed by atoms with Gasteiger partial charge in [-0.25, -0.2) is 4.99 Å². The molecule has 3 N–H and O–H groups in total. The fourth-order valence-electron chi connectivity index (χ4n) is 1.23. The van der Waals surface area contributed by atoms with Crippen LogP contribution in [-0.4, -0.2) is 17.2 Å². The van der Waals surface area contributed by atoms with Crippen LogP contribution in [0, 0.1) is 13.8 Å². The van der Waals surface area contributed by atoms with Gasteiger partial charge in [0.05, 0.1) is 12.2 Å². The average molecular weight is 210 g/mol. The molecule has 0 amide bonds. The van der Waals surface area contributed by atoms with Gasteiger partial charge in [0, 0.05) is 11.6 Å². The van der Waals surface area contributed by atoms with Crippen LogP contribution in [0.2, 0.25) is 0 Å². The number of aliphatic imine (C=N–C) groups is 1. The highest BCUT2D eigenvalue weighted by atomic mass is 16.5. The lowest BCUT2D eigenvalue weighted by Gasteiger charge is -2.08. The predicted octanol–water partition coefficient (Wildman–Crippen LogP) is 1.10. The fourth-order valence-corrected chi connectivity index (χ4v) is 1.23. The minimum Gasteiger partial charge on any atom is -0.370 e. The van der Waals surface area contributed by atoms with Crippen LogP contribution in [0.25, 0.3) is 0 Å². The number of hydrogen-bond acceptors (Lipinski definition) is 3. The molecule has 0 radical (unpaired) electrons. The predicted molar refractivity (Wildman–Crippen MR) is 59.6 cm³/mol. The largest absolute Gasteiger partial charge is 0.370 e. The molecule has 0 saturated heterocycles. The van der Waals surface area contributed by atoms with Crippen molar-refractivity contribution >= 4 is 5.96 Å². The zero-order valence-corrected chi connectivity index (χ0v) is 9.66. The van der Waals surface area contributed by atoms with E-state index in [1.54, 1.807) is 0 Å². The van der Waals surface area contributed by atoms with Gasteiger partial charge in [-0.2, -0.15) is 0 Å². The Hall–Kier alpha value is -1.52. The van der Waals surface area contributed by atoms with Crippen LogP contribution in [0.4, 0.5) is 0 Å². The summed E-state index contributed by atoms with van der Waals surface area (Å²) in [7, 11) is 0. The van der Waals surface area contributed by atoms with E-state index in [-0.39, 0.29) is 0 Å². The molecule has 0 aromatic carbocycles. The lowest BCUT2D eigenvalue weighted by atomic mass is 10.2. The third kappa shape index (κ3) is 3.27. The van der Waals surface area contributed by atoms with Gasteiger partial charge in [0.25, 0.3) is 0 Å². The number of aryl methyl sites for hydroxylation is 2. The van der Waals surface area contributed by atoms with Crippen molar-refractivity contribution in [2.45, 2.75) is 40.3 Å². The van der Waals surface area contributed by atoms with Gasteiger partial charge in [-0.15, -0.1) is 0 Å². The molecular formula is C10H18N4O. The Bertz CT molecular complexity index is 335. The maximum absolute atomic E-state index is 5.68. The Morgan fingerprint density at radius 1 is 1.53 bits per heavy atom. The van der Waals surface area contributed by atoms with E-state index >= 15 is 0 Å². The van der Waals surface area contributed by atoms with E-state index in [1.165, 1.54) is 0 Å². The van der Waals surface area contributed by atoms with Crippen LogP contribution in [0.5, 0.6) is 0 Å². The molecule has 1 aromatic heterocycles. The molecule has 0 bridgehead atoms. The van der Waals surface area contributed by atoms with Crippen LogP contribution >= 0.6 is 0 Å². The zero-order chi connectivity index (χ0) is 11.4. The van der Waals surface area contributed by atoms with Gasteiger partial charge in [-0.05, 0) is 27.7 Å². The summed E-state index contributed by atoms with van der Waals surface area (Å²) in [6.07, 6.45) is 0. The second kappa shape index (κ2) is 4.82. The first-order valence-corrected chi connectivity index (χ1v) is 4.99. The number of aromatic nitrogens is 1. The summed E-state index contributed by atoms with van der Waals surface area (Å²) in [4.78, 5) is 4.21. The molecule has 5 heteroatoms. The number of nitrogens with one attached hydrogen (secondary N) is 1. The lowest BCUT2D eigenvalue weighted by molar-refractivity contribution is 0.392. The molecule has 0 aliphatic rings. The standard InChI is InChI=1S/C10H18N4O/c1-6(2)13-10(11)12-5-9-7(3)14-15-8(9)4/h6H,5H2,1-4H3,(H3,11,12,13). The minimum absolute atomic E-state index is 0.290. The highest BCUT2D eigenvalue weighted by Crippen LogP contribution is 2.12. The van der Waals surface area contributed by atoms with Crippen molar-refractivity contribution in [3.63, 3.8) is 0 Å². The van der Waals surface area contributed by atoms with E-state index in [2.05, 4.69) is 15.5 Å². The van der Waals surface area contributed by atoms with Crippen LogP contribution in [0.3, 0.4) is 0 Å². The summed E-state index contributed by atoms with van der Waals surface area (Å²) in [5.74, 6) is 1.25. The summed E-state index contributed by atoms with van der Waals surface area (Å²) < 4.78 is 5.03. The third-order valence-corrected chi connectivity index (χ3v) is 2.03. The number of nitrogens with two attached hydrogens (primary N) is 1. The van der Waals surface area contributed by atoms with Gasteiger partial charge in [0.1, 0.15) is 5.76 Å². The molecule has 0 unspecified atom stereocenters. The third-order valence-electron chi connectivity index (χ3n) is 2.03. The van der Waals surface area contributed by atoms with E-state index in [0.717, 1.165) is 17.0 Å². The van der Waals surface area contributed by atoms with Crippen LogP contribution in [0.15, 0.2) is 9.52 Å². The Labute approximate surface area is 89.7 Å². The highest BCUT2D eigenvalue weighted by Gasteiger charge is 2.07. The number of rotatable bonds is 3. The van der Waals surface area contributed by atoms with Crippen molar-refractivity contribution in [3.8, 4) is 0 Å². The Balaban J connectivity index is 2.63. The second-order valence-corrected chi connectivity index (χ2v) is 3.80. The van der Waals surface area contributed by atoms with Gasteiger partial charge in [0.15, 0.2) is 5.96 Å². The molecule has 15 heavy (non-hydrogen) atoms. The van der Waals surface area contributed by atoms with Gasteiger partial charge in [0.2, 0.25) is 0 Å². The molecule has 1 rings (SSSR count). The van der Waals surface area contributed by atoms with Crippen molar-refractivity contribution < 1.29 is 4.52 Å². The molecule has 0 atom stereocenters. The first-order chi connectivity index (χ1) is 7.00. The summed E-state index contributed by atoms with van der Waals surface area (Å²) in [6, 6.07) is 0.290. The van der Waals surface area contributed by atoms with Crippen molar-refractivity contribution in [1.82, 2.24) is 10.5 Å². The maximum Gasteiger partial charge on any atom is 0.189 e. The quantitative estimate of drug-likeness (QED) is 0.578. The molecular weight excluding hydrogens is 192 g/mol. The van der Waals surface area contributed by atoms with E-state index < -0.39 is 0 Å². The van der Waals surface area contributed by atoms with E-state index in [0.29, 0.717) is 18.5 Å². The number of guanidine groups is 1. The zero-order valence-electron chi connectivity index (χ0n) is 9.66. The molecule has 0 fully saturated rings. The molecule has 1 aromatic rings. The molecule has 1 heterocycles. The SMILES string of the molecule is Cc1noc(C)c1CN=C(N)NC(C)C. The van der Waals surface area contributed by atoms with Crippen molar-refractivity contribution in [2.24, 2.45) is 10.7 Å². The monoisotopic (exact) mass is 210 g/mol. The van der Waals surface area contributed by atoms with Crippen LogP contribution < -0.4 is 11.1 Å². The van der Waals surface area contributed by atoms with Gasteiger partial charge in [-0.1, -0.05) is 5.16 Å². The smallest absolute Gasteiger partial charge is 0.189 e. The highest BCUT2D eigenvalue weighted by molar-refractivity contribution is 5.78. The minimum atomic E-state index is 0.290. The normalized spacial score (nSPS) is 12.2. The molecule has 84 valence electrons. The Morgan fingerprint density at radius 2 is 2.20 bits per heavy atom. The Morgan fingerprint density at radius 3 is 2.67 bits per heavy atom. The number of hydrogen-bond donors (Lipinski definition) is 2. The first kappa shape index (κ1) is 11.6. The second-order valence-electron chi connectivity index (χ2n) is 3.80. The van der Waals surface area contributed by atoms with Crippen molar-refractivity contribution in [2.75, 3.05) is 0 Å². The summed E-state index contributed by atoms with van der Waals surface area (Å²) in [6.45, 7) is 8.30. The van der Waals surface area contributed by atoms with E-state index in [1.807, 2.05) is 27.7 Å². The fraction of sp³-hybridized carbons (Fsp3) is 0.600. The van der Waals surface area contributed by atoms with E-state index in [9.17, 15) is 0 Å². The number of nitrogens with zero attached hydrogens (tertiary/aromatic N) is 2. The molecule has 0 saturated carbocycles. The maximum atomic E-state index is 5.68. The van der Waals surface area contributed by atoms with Gasteiger partial charge >= 0.3 is 0 Å². The lowest BCUT2D eigenvalue weighted by Crippen LogP contribution is -2.36. The van der Waals surface area contributed by atoms with Crippen LogP contribution in [-0.2, 0) is 6.54 Å². The summed E-state index contributed by atoms with van der Waals surface area (Å²) >= 11 is 0. The summed E-state index contributed by atoms with van der Waals surface area (Å²) in [5.41, 5.74) is 7.55. The molecule has 0 spiro atoms. The topological polar surface area (TPSA) is 76.4 Å². The van der Waals surface area contributed by atoms with Gasteiger partial charge in [-0.3, -0.25) is 0 Å². The van der Waals surface area contributed by atoms with Crippen molar-refractivity contribution in [3.05, 3.63) is 17.0 Å². The first-order valence-electron chi connectivity index (χ1n) is 4.99. The molecule has 0 aliphatic heterocycles. The summed E-state index contributed by atoms with van der Waals surface area (Å²) in [5, 5.41) is 6.87. The van der Waals surface area contributed by atoms with Gasteiger partial charge < -0.3 is 15.6 Å². The molecule has 0 aliphatic carbocycles. The molecule has 5 nitrogen and oxygen atoms in total. The average Bonchev–Trinajstić information content (AvgIpc) is 2.42. The Kier molecular flexibility index (Phi) is 3.71. The van der Waals surface area contributed by atoms with Crippen molar-refractivity contribution in [1.29, 1.82) is 0 Å².